The van der Waals surface area contributed by atoms with Crippen molar-refractivity contribution in [3.8, 4) is 0 Å². The maximum Gasteiger partial charge on any atom is 0.270 e. The predicted molar refractivity (Wildman–Crippen MR) is 140 cm³/mol. The predicted octanol–water partition coefficient (Wildman–Crippen LogP) is 5.70. The van der Waals surface area contributed by atoms with Gasteiger partial charge in [-0.2, -0.15) is 0 Å². The largest absolute Gasteiger partial charge is 0.348 e. The second kappa shape index (κ2) is 11.4. The number of non-ortho nitro benzene ring substituents is 1. The normalized spacial score (nSPS) is 10.9. The number of nitro benzene ring substituents is 1. The molecule has 0 radical (unpaired) electrons. The molecule has 0 saturated carbocycles. The summed E-state index contributed by atoms with van der Waals surface area (Å²) in [6.07, 6.45) is 1.59. The zero-order valence-corrected chi connectivity index (χ0v) is 19.3. The first-order valence-electron chi connectivity index (χ1n) is 11.3. The van der Waals surface area contributed by atoms with Crippen LogP contribution in [0.4, 0.5) is 11.4 Å². The van der Waals surface area contributed by atoms with Crippen molar-refractivity contribution < 1.29 is 14.5 Å². The van der Waals surface area contributed by atoms with Gasteiger partial charge in [-0.3, -0.25) is 19.7 Å². The lowest BCUT2D eigenvalue weighted by Gasteiger charge is -2.14. The van der Waals surface area contributed by atoms with Crippen molar-refractivity contribution >= 4 is 34.8 Å². The first-order valence-corrected chi connectivity index (χ1v) is 11.3. The van der Waals surface area contributed by atoms with Gasteiger partial charge in [0.15, 0.2) is 0 Å². The van der Waals surface area contributed by atoms with Crippen LogP contribution in [-0.4, -0.2) is 16.7 Å². The molecule has 7 nitrogen and oxygen atoms in total. The molecule has 4 aromatic carbocycles. The second-order valence-electron chi connectivity index (χ2n) is 7.94. The highest BCUT2D eigenvalue weighted by Gasteiger charge is 2.17. The highest BCUT2D eigenvalue weighted by Crippen LogP contribution is 2.24. The van der Waals surface area contributed by atoms with Crippen molar-refractivity contribution in [1.29, 1.82) is 0 Å². The molecule has 0 bridgehead atoms. The Morgan fingerprint density at radius 2 is 1.47 bits per heavy atom. The smallest absolute Gasteiger partial charge is 0.270 e. The van der Waals surface area contributed by atoms with Crippen LogP contribution in [0, 0.1) is 10.1 Å². The molecule has 0 saturated heterocycles. The Morgan fingerprint density at radius 1 is 0.806 bits per heavy atom. The number of nitrogens with zero attached hydrogens (tertiary/aromatic N) is 1. The van der Waals surface area contributed by atoms with E-state index in [1.165, 1.54) is 12.1 Å². The van der Waals surface area contributed by atoms with E-state index < -0.39 is 10.8 Å². The zero-order chi connectivity index (χ0) is 25.3. The van der Waals surface area contributed by atoms with E-state index in [4.69, 9.17) is 0 Å². The molecule has 2 amide bonds. The molecule has 7 heteroatoms. The molecule has 2 N–H and O–H groups in total. The average Bonchev–Trinajstić information content (AvgIpc) is 2.92. The number of para-hydroxylation sites is 1. The molecule has 0 aliphatic heterocycles. The van der Waals surface area contributed by atoms with Gasteiger partial charge in [-0.1, -0.05) is 84.9 Å². The first kappa shape index (κ1) is 24.1. The van der Waals surface area contributed by atoms with Crippen molar-refractivity contribution in [2.24, 2.45) is 0 Å². The molecule has 0 aliphatic carbocycles. The molecule has 0 aromatic heterocycles. The summed E-state index contributed by atoms with van der Waals surface area (Å²) in [6, 6.07) is 31.3. The van der Waals surface area contributed by atoms with Gasteiger partial charge >= 0.3 is 0 Å². The van der Waals surface area contributed by atoms with Crippen LogP contribution < -0.4 is 10.6 Å². The topological polar surface area (TPSA) is 101 Å². The average molecular weight is 478 g/mol. The quantitative estimate of drug-likeness (QED) is 0.147. The van der Waals surface area contributed by atoms with Gasteiger partial charge < -0.3 is 10.6 Å². The van der Waals surface area contributed by atoms with E-state index in [1.54, 1.807) is 66.7 Å². The van der Waals surface area contributed by atoms with E-state index in [2.05, 4.69) is 10.6 Å². The molecule has 0 unspecified atom stereocenters. The molecular formula is C29H23N3O4. The van der Waals surface area contributed by atoms with Crippen LogP contribution in [0.25, 0.3) is 11.6 Å². The summed E-state index contributed by atoms with van der Waals surface area (Å²) in [6.45, 7) is 0.351. The minimum atomic E-state index is -0.482. The molecule has 0 atom stereocenters. The Kier molecular flexibility index (Phi) is 7.63. The lowest BCUT2D eigenvalue weighted by molar-refractivity contribution is -0.384. The van der Waals surface area contributed by atoms with E-state index in [1.807, 2.05) is 36.4 Å². The van der Waals surface area contributed by atoms with Gasteiger partial charge in [0.1, 0.15) is 0 Å². The molecule has 36 heavy (non-hydrogen) atoms. The maximum atomic E-state index is 13.4. The molecule has 0 heterocycles. The van der Waals surface area contributed by atoms with Gasteiger partial charge in [-0.15, -0.1) is 0 Å². The van der Waals surface area contributed by atoms with E-state index in [9.17, 15) is 19.7 Å². The molecule has 0 aliphatic rings. The second-order valence-corrected chi connectivity index (χ2v) is 7.94. The van der Waals surface area contributed by atoms with Gasteiger partial charge in [0.05, 0.1) is 16.2 Å². The summed E-state index contributed by atoms with van der Waals surface area (Å²) in [5, 5.41) is 16.9. The lowest BCUT2D eigenvalue weighted by Crippen LogP contribution is -2.25. The third kappa shape index (κ3) is 6.09. The SMILES string of the molecule is O=C(Nc1ccccc1C(=O)NCc1ccccc1)C(=Cc1cccc([N+](=O)[O-])c1)c1ccccc1. The third-order valence-electron chi connectivity index (χ3n) is 5.44. The lowest BCUT2D eigenvalue weighted by atomic mass is 10.0. The van der Waals surface area contributed by atoms with Crippen molar-refractivity contribution in [3.05, 3.63) is 142 Å². The molecule has 178 valence electrons. The number of hydrogen-bond acceptors (Lipinski definition) is 4. The van der Waals surface area contributed by atoms with Crippen LogP contribution in [0.3, 0.4) is 0 Å². The van der Waals surface area contributed by atoms with E-state index in [-0.39, 0.29) is 11.6 Å². The Hall–Kier alpha value is -5.04. The van der Waals surface area contributed by atoms with Crippen molar-refractivity contribution in [2.75, 3.05) is 5.32 Å². The standard InChI is InChI=1S/C29H23N3O4/c33-28(30-20-21-10-3-1-4-11-21)25-16-7-8-17-27(25)31-29(34)26(23-13-5-2-6-14-23)19-22-12-9-15-24(18-22)32(35)36/h1-19H,20H2,(H,30,33)(H,31,34). The van der Waals surface area contributed by atoms with Crippen LogP contribution in [0.2, 0.25) is 0 Å². The van der Waals surface area contributed by atoms with Crippen LogP contribution >= 0.6 is 0 Å². The van der Waals surface area contributed by atoms with Crippen molar-refractivity contribution in [2.45, 2.75) is 6.54 Å². The Balaban J connectivity index is 1.61. The minimum Gasteiger partial charge on any atom is -0.348 e. The number of anilines is 1. The number of carbonyl (C=O) groups excluding carboxylic acids is 2. The number of amides is 2. The molecule has 4 aromatic rings. The molecule has 4 rings (SSSR count). The highest BCUT2D eigenvalue weighted by atomic mass is 16.6. The number of nitro groups is 1. The summed E-state index contributed by atoms with van der Waals surface area (Å²) >= 11 is 0. The molecule has 0 fully saturated rings. The Morgan fingerprint density at radius 3 is 2.19 bits per heavy atom. The van der Waals surface area contributed by atoms with Crippen LogP contribution in [0.15, 0.2) is 109 Å². The van der Waals surface area contributed by atoms with Crippen LogP contribution in [0.1, 0.15) is 27.0 Å². The van der Waals surface area contributed by atoms with Gasteiger partial charge in [-0.05, 0) is 34.9 Å². The number of hydrogen-bond donors (Lipinski definition) is 2. The maximum absolute atomic E-state index is 13.4. The Labute approximate surface area is 208 Å². The van der Waals surface area contributed by atoms with Gasteiger partial charge in [0, 0.05) is 24.3 Å². The monoisotopic (exact) mass is 477 g/mol. The summed E-state index contributed by atoms with van der Waals surface area (Å²) in [7, 11) is 0. The highest BCUT2D eigenvalue weighted by molar-refractivity contribution is 6.29. The fraction of sp³-hybridized carbons (Fsp3) is 0.0345. The fourth-order valence-corrected chi connectivity index (χ4v) is 3.65. The summed E-state index contributed by atoms with van der Waals surface area (Å²) in [5.74, 6) is -0.769. The van der Waals surface area contributed by atoms with Crippen molar-refractivity contribution in [3.63, 3.8) is 0 Å². The van der Waals surface area contributed by atoms with Crippen LogP contribution in [-0.2, 0) is 11.3 Å². The summed E-state index contributed by atoms with van der Waals surface area (Å²) in [5.41, 5.74) is 3.00. The van der Waals surface area contributed by atoms with Crippen LogP contribution in [0.5, 0.6) is 0 Å². The van der Waals surface area contributed by atoms with E-state index in [0.717, 1.165) is 5.56 Å². The zero-order valence-electron chi connectivity index (χ0n) is 19.3. The third-order valence-corrected chi connectivity index (χ3v) is 5.44. The summed E-state index contributed by atoms with van der Waals surface area (Å²) < 4.78 is 0. The number of nitrogens with one attached hydrogen (secondary N) is 2. The molecule has 0 spiro atoms. The van der Waals surface area contributed by atoms with E-state index >= 15 is 0 Å². The summed E-state index contributed by atoms with van der Waals surface area (Å²) in [4.78, 5) is 37.1. The fourth-order valence-electron chi connectivity index (χ4n) is 3.65. The minimum absolute atomic E-state index is 0.0722. The van der Waals surface area contributed by atoms with Gasteiger partial charge in [-0.25, -0.2) is 0 Å². The van der Waals surface area contributed by atoms with Gasteiger partial charge in [0.2, 0.25) is 0 Å². The van der Waals surface area contributed by atoms with Gasteiger partial charge in [0.25, 0.3) is 17.5 Å². The number of carbonyl (C=O) groups is 2. The first-order chi connectivity index (χ1) is 17.5. The van der Waals surface area contributed by atoms with E-state index in [0.29, 0.717) is 34.5 Å². The molecular weight excluding hydrogens is 454 g/mol. The Bertz CT molecular complexity index is 1420. The number of rotatable bonds is 8. The van der Waals surface area contributed by atoms with Crippen molar-refractivity contribution in [1.82, 2.24) is 5.32 Å². The number of benzene rings is 4.